The summed E-state index contributed by atoms with van der Waals surface area (Å²) in [5, 5.41) is 13.7. The molecule has 2 aromatic rings. The lowest BCUT2D eigenvalue weighted by Crippen LogP contribution is -2.12. The number of hydrogen-bond acceptors (Lipinski definition) is 4. The molecule has 0 saturated heterocycles. The van der Waals surface area contributed by atoms with E-state index in [-0.39, 0.29) is 5.41 Å². The van der Waals surface area contributed by atoms with Crippen LogP contribution in [0.25, 0.3) is 0 Å². The van der Waals surface area contributed by atoms with E-state index in [4.69, 9.17) is 4.52 Å². The van der Waals surface area contributed by atoms with E-state index in [0.717, 1.165) is 18.7 Å². The molecule has 0 bridgehead atoms. The Labute approximate surface area is 112 Å². The Balaban J connectivity index is 1.83. The van der Waals surface area contributed by atoms with Crippen molar-refractivity contribution in [1.29, 1.82) is 0 Å². The molecule has 3 rings (SSSR count). The third-order valence-electron chi connectivity index (χ3n) is 3.85. The van der Waals surface area contributed by atoms with E-state index in [1.807, 2.05) is 25.1 Å². The maximum atomic E-state index is 9.63. The predicted molar refractivity (Wildman–Crippen MR) is 70.8 cm³/mol. The van der Waals surface area contributed by atoms with Crippen LogP contribution in [0.15, 0.2) is 34.9 Å². The van der Waals surface area contributed by atoms with Crippen LogP contribution >= 0.6 is 0 Å². The van der Waals surface area contributed by atoms with Crippen molar-refractivity contribution in [2.75, 3.05) is 0 Å². The molecule has 1 aliphatic carbocycles. The van der Waals surface area contributed by atoms with Crippen LogP contribution in [-0.4, -0.2) is 21.4 Å². The van der Waals surface area contributed by atoms with Crippen molar-refractivity contribution in [2.45, 2.75) is 44.1 Å². The van der Waals surface area contributed by atoms with Crippen molar-refractivity contribution >= 4 is 0 Å². The van der Waals surface area contributed by atoms with Crippen LogP contribution in [0.5, 0.6) is 0 Å². The Morgan fingerprint density at radius 2 is 2.05 bits per heavy atom. The van der Waals surface area contributed by atoms with E-state index in [1.54, 1.807) is 0 Å². The van der Waals surface area contributed by atoms with Gasteiger partial charge >= 0.3 is 0 Å². The molecule has 1 fully saturated rings. The van der Waals surface area contributed by atoms with Gasteiger partial charge in [0.05, 0.1) is 17.9 Å². The van der Waals surface area contributed by atoms with Gasteiger partial charge in [-0.2, -0.15) is 4.98 Å². The van der Waals surface area contributed by atoms with Gasteiger partial charge in [-0.05, 0) is 24.8 Å². The highest BCUT2D eigenvalue weighted by Gasteiger charge is 2.49. The fourth-order valence-electron chi connectivity index (χ4n) is 2.40. The van der Waals surface area contributed by atoms with Crippen LogP contribution < -0.4 is 0 Å². The zero-order valence-electron chi connectivity index (χ0n) is 11.0. The predicted octanol–water partition coefficient (Wildman–Crippen LogP) is 2.46. The van der Waals surface area contributed by atoms with Crippen LogP contribution in [0.1, 0.15) is 43.5 Å². The summed E-state index contributed by atoms with van der Waals surface area (Å²) >= 11 is 0. The topological polar surface area (TPSA) is 59.2 Å². The number of benzene rings is 1. The molecule has 1 aromatic carbocycles. The summed E-state index contributed by atoms with van der Waals surface area (Å²) in [7, 11) is 0. The molecule has 100 valence electrons. The summed E-state index contributed by atoms with van der Waals surface area (Å²) in [4.78, 5) is 4.47. The molecule has 1 unspecified atom stereocenters. The van der Waals surface area contributed by atoms with Crippen molar-refractivity contribution < 1.29 is 9.63 Å². The molecular weight excluding hydrogens is 240 g/mol. The molecule has 1 atom stereocenters. The van der Waals surface area contributed by atoms with Crippen LogP contribution in [0.3, 0.4) is 0 Å². The van der Waals surface area contributed by atoms with E-state index in [2.05, 4.69) is 22.3 Å². The van der Waals surface area contributed by atoms with E-state index in [1.165, 1.54) is 5.56 Å². The SMILES string of the molecule is CCC(O)Cc1nc(C2(c3ccccc3)CC2)no1. The third kappa shape index (κ3) is 2.28. The monoisotopic (exact) mass is 258 g/mol. The van der Waals surface area contributed by atoms with Crippen LogP contribution in [0.4, 0.5) is 0 Å². The van der Waals surface area contributed by atoms with E-state index in [0.29, 0.717) is 18.7 Å². The highest BCUT2D eigenvalue weighted by Crippen LogP contribution is 2.52. The lowest BCUT2D eigenvalue weighted by Gasteiger charge is -2.10. The first-order chi connectivity index (χ1) is 9.24. The summed E-state index contributed by atoms with van der Waals surface area (Å²) in [6, 6.07) is 10.3. The second kappa shape index (κ2) is 4.78. The van der Waals surface area contributed by atoms with Gasteiger partial charge < -0.3 is 9.63 Å². The largest absolute Gasteiger partial charge is 0.393 e. The quantitative estimate of drug-likeness (QED) is 0.895. The van der Waals surface area contributed by atoms with Gasteiger partial charge in [0.25, 0.3) is 0 Å². The molecule has 1 aliphatic rings. The second-order valence-corrected chi connectivity index (χ2v) is 5.23. The number of nitrogens with zero attached hydrogens (tertiary/aromatic N) is 2. The highest BCUT2D eigenvalue weighted by molar-refractivity contribution is 5.38. The number of rotatable bonds is 5. The van der Waals surface area contributed by atoms with Crippen molar-refractivity contribution in [3.05, 3.63) is 47.6 Å². The molecule has 0 aliphatic heterocycles. The van der Waals surface area contributed by atoms with E-state index >= 15 is 0 Å². The van der Waals surface area contributed by atoms with Gasteiger partial charge in [0.2, 0.25) is 5.89 Å². The molecule has 1 heterocycles. The zero-order chi connectivity index (χ0) is 13.3. The van der Waals surface area contributed by atoms with Gasteiger partial charge in [-0.25, -0.2) is 0 Å². The first-order valence-corrected chi connectivity index (χ1v) is 6.81. The average molecular weight is 258 g/mol. The van der Waals surface area contributed by atoms with Crippen molar-refractivity contribution in [1.82, 2.24) is 10.1 Å². The standard InChI is InChI=1S/C15H18N2O2/c1-2-12(18)10-13-16-14(17-19-13)15(8-9-15)11-6-4-3-5-7-11/h3-7,12,18H,2,8-10H2,1H3. The number of aliphatic hydroxyl groups excluding tert-OH is 1. The summed E-state index contributed by atoms with van der Waals surface area (Å²) in [6.07, 6.45) is 2.86. The number of aromatic nitrogens is 2. The van der Waals surface area contributed by atoms with Gasteiger partial charge in [-0.15, -0.1) is 0 Å². The fraction of sp³-hybridized carbons (Fsp3) is 0.467. The van der Waals surface area contributed by atoms with E-state index < -0.39 is 6.10 Å². The van der Waals surface area contributed by atoms with Gasteiger partial charge in [-0.3, -0.25) is 0 Å². The van der Waals surface area contributed by atoms with Crippen LogP contribution in [0, 0.1) is 0 Å². The Morgan fingerprint density at radius 3 is 2.68 bits per heavy atom. The number of aliphatic hydroxyl groups is 1. The van der Waals surface area contributed by atoms with E-state index in [9.17, 15) is 5.11 Å². The molecule has 19 heavy (non-hydrogen) atoms. The van der Waals surface area contributed by atoms with Crippen molar-refractivity contribution in [2.24, 2.45) is 0 Å². The Hall–Kier alpha value is -1.68. The molecule has 0 amide bonds. The van der Waals surface area contributed by atoms with Crippen molar-refractivity contribution in [3.8, 4) is 0 Å². The fourth-order valence-corrected chi connectivity index (χ4v) is 2.40. The molecule has 4 nitrogen and oxygen atoms in total. The zero-order valence-corrected chi connectivity index (χ0v) is 11.0. The average Bonchev–Trinajstić information content (AvgIpc) is 3.14. The van der Waals surface area contributed by atoms with Crippen LogP contribution in [0.2, 0.25) is 0 Å². The van der Waals surface area contributed by atoms with Gasteiger partial charge in [-0.1, -0.05) is 42.4 Å². The second-order valence-electron chi connectivity index (χ2n) is 5.23. The third-order valence-corrected chi connectivity index (χ3v) is 3.85. The summed E-state index contributed by atoms with van der Waals surface area (Å²) in [5.41, 5.74) is 1.19. The molecule has 0 spiro atoms. The minimum absolute atomic E-state index is 0.0554. The molecule has 0 radical (unpaired) electrons. The summed E-state index contributed by atoms with van der Waals surface area (Å²) < 4.78 is 5.26. The summed E-state index contributed by atoms with van der Waals surface area (Å²) in [6.45, 7) is 1.94. The minimum Gasteiger partial charge on any atom is -0.393 e. The number of hydrogen-bond donors (Lipinski definition) is 1. The molecule has 1 N–H and O–H groups in total. The Kier molecular flexibility index (Phi) is 3.11. The Bertz CT molecular complexity index is 546. The Morgan fingerprint density at radius 1 is 1.32 bits per heavy atom. The lowest BCUT2D eigenvalue weighted by molar-refractivity contribution is 0.158. The van der Waals surface area contributed by atoms with Gasteiger partial charge in [0.1, 0.15) is 0 Å². The van der Waals surface area contributed by atoms with Crippen molar-refractivity contribution in [3.63, 3.8) is 0 Å². The van der Waals surface area contributed by atoms with Crippen LogP contribution in [-0.2, 0) is 11.8 Å². The van der Waals surface area contributed by atoms with Gasteiger partial charge in [0.15, 0.2) is 5.82 Å². The smallest absolute Gasteiger partial charge is 0.229 e. The van der Waals surface area contributed by atoms with Gasteiger partial charge in [0, 0.05) is 0 Å². The first kappa shape index (κ1) is 12.4. The maximum Gasteiger partial charge on any atom is 0.229 e. The first-order valence-electron chi connectivity index (χ1n) is 6.81. The lowest BCUT2D eigenvalue weighted by atomic mass is 9.95. The maximum absolute atomic E-state index is 9.63. The normalized spacial score (nSPS) is 18.2. The highest BCUT2D eigenvalue weighted by atomic mass is 16.5. The minimum atomic E-state index is -0.403. The molecular formula is C15H18N2O2. The summed E-state index contributed by atoms with van der Waals surface area (Å²) in [5.74, 6) is 1.29. The molecule has 4 heteroatoms. The molecule has 1 saturated carbocycles. The molecule has 1 aromatic heterocycles.